The molecule has 1 heterocycles. The molecule has 0 bridgehead atoms. The Morgan fingerprint density at radius 3 is 2.60 bits per heavy atom. The van der Waals surface area contributed by atoms with Crippen LogP contribution in [-0.2, 0) is 16.6 Å². The summed E-state index contributed by atoms with van der Waals surface area (Å²) < 4.78 is 31.5. The largest absolute Gasteiger partial charge is 0.496 e. The Labute approximate surface area is 123 Å². The molecule has 0 radical (unpaired) electrons. The van der Waals surface area contributed by atoms with Crippen molar-refractivity contribution >= 4 is 21.4 Å². The van der Waals surface area contributed by atoms with Gasteiger partial charge in [-0.25, -0.2) is 8.42 Å². The predicted molar refractivity (Wildman–Crippen MR) is 80.7 cm³/mol. The van der Waals surface area contributed by atoms with Gasteiger partial charge in [0.15, 0.2) is 0 Å². The molecule has 6 heteroatoms. The SMILES string of the molecule is COc1ccc(S(=O)(=O)N(C)Cc2cccs2)cc1C. The molecule has 1 aromatic heterocycles. The lowest BCUT2D eigenvalue weighted by Gasteiger charge is -2.17. The van der Waals surface area contributed by atoms with Gasteiger partial charge < -0.3 is 4.74 Å². The van der Waals surface area contributed by atoms with Crippen molar-refractivity contribution in [1.82, 2.24) is 4.31 Å². The fourth-order valence-corrected chi connectivity index (χ4v) is 3.97. The second-order valence-corrected chi connectivity index (χ2v) is 7.55. The molecule has 0 saturated heterocycles. The van der Waals surface area contributed by atoms with Crippen molar-refractivity contribution in [3.05, 3.63) is 46.2 Å². The third-order valence-corrected chi connectivity index (χ3v) is 5.69. The fraction of sp³-hybridized carbons (Fsp3) is 0.286. The van der Waals surface area contributed by atoms with Crippen LogP contribution in [-0.4, -0.2) is 26.9 Å². The molecule has 4 nitrogen and oxygen atoms in total. The summed E-state index contributed by atoms with van der Waals surface area (Å²) in [5.74, 6) is 0.685. The summed E-state index contributed by atoms with van der Waals surface area (Å²) in [7, 11) is -0.317. The molecule has 2 rings (SSSR count). The molecule has 108 valence electrons. The molecule has 0 amide bonds. The van der Waals surface area contributed by atoms with Crippen molar-refractivity contribution < 1.29 is 13.2 Å². The van der Waals surface area contributed by atoms with Crippen LogP contribution < -0.4 is 4.74 Å². The first-order chi connectivity index (χ1) is 9.45. The van der Waals surface area contributed by atoms with Crippen molar-refractivity contribution in [1.29, 1.82) is 0 Å². The maximum absolute atomic E-state index is 12.5. The van der Waals surface area contributed by atoms with Gasteiger partial charge in [-0.05, 0) is 42.1 Å². The maximum atomic E-state index is 12.5. The summed E-state index contributed by atoms with van der Waals surface area (Å²) in [4.78, 5) is 1.30. The van der Waals surface area contributed by atoms with E-state index >= 15 is 0 Å². The molecule has 1 aromatic carbocycles. The summed E-state index contributed by atoms with van der Waals surface area (Å²) in [6.07, 6.45) is 0. The molecular formula is C14H17NO3S2. The summed E-state index contributed by atoms with van der Waals surface area (Å²) in [5, 5.41) is 1.94. The number of thiophene rings is 1. The van der Waals surface area contributed by atoms with E-state index in [1.165, 1.54) is 4.31 Å². The molecule has 0 N–H and O–H groups in total. The first-order valence-corrected chi connectivity index (χ1v) is 8.40. The number of nitrogens with zero attached hydrogens (tertiary/aromatic N) is 1. The summed E-state index contributed by atoms with van der Waals surface area (Å²) in [6.45, 7) is 2.21. The number of hydrogen-bond donors (Lipinski definition) is 0. The van der Waals surface area contributed by atoms with Crippen molar-refractivity contribution in [2.75, 3.05) is 14.2 Å². The second kappa shape index (κ2) is 5.95. The molecule has 0 fully saturated rings. The standard InChI is InChI=1S/C14H17NO3S2/c1-11-9-13(6-7-14(11)18-3)20(16,17)15(2)10-12-5-4-8-19-12/h4-9H,10H2,1-3H3. The van der Waals surface area contributed by atoms with Gasteiger partial charge >= 0.3 is 0 Å². The zero-order chi connectivity index (χ0) is 14.8. The van der Waals surface area contributed by atoms with Crippen LogP contribution in [0.2, 0.25) is 0 Å². The molecule has 0 aliphatic heterocycles. The van der Waals surface area contributed by atoms with Crippen LogP contribution in [0.1, 0.15) is 10.4 Å². The van der Waals surface area contributed by atoms with Crippen molar-refractivity contribution in [3.8, 4) is 5.75 Å². The highest BCUT2D eigenvalue weighted by atomic mass is 32.2. The lowest BCUT2D eigenvalue weighted by Crippen LogP contribution is -2.26. The lowest BCUT2D eigenvalue weighted by molar-refractivity contribution is 0.411. The zero-order valence-electron chi connectivity index (χ0n) is 11.7. The third kappa shape index (κ3) is 3.03. The topological polar surface area (TPSA) is 46.6 Å². The van der Waals surface area contributed by atoms with Gasteiger partial charge in [-0.2, -0.15) is 4.31 Å². The van der Waals surface area contributed by atoms with Crippen LogP contribution in [0, 0.1) is 6.92 Å². The van der Waals surface area contributed by atoms with E-state index in [1.54, 1.807) is 43.7 Å². The van der Waals surface area contributed by atoms with Crippen LogP contribution in [0.15, 0.2) is 40.6 Å². The minimum atomic E-state index is -3.48. The monoisotopic (exact) mass is 311 g/mol. The third-order valence-electron chi connectivity index (χ3n) is 3.03. The first kappa shape index (κ1) is 15.0. The highest BCUT2D eigenvalue weighted by molar-refractivity contribution is 7.89. The Morgan fingerprint density at radius 2 is 2.05 bits per heavy atom. The Hall–Kier alpha value is -1.37. The zero-order valence-corrected chi connectivity index (χ0v) is 13.3. The van der Waals surface area contributed by atoms with Gasteiger partial charge in [-0.3, -0.25) is 0 Å². The number of hydrogen-bond acceptors (Lipinski definition) is 4. The molecule has 0 saturated carbocycles. The van der Waals surface area contributed by atoms with Crippen molar-refractivity contribution in [2.24, 2.45) is 0 Å². The molecule has 0 aliphatic rings. The molecule has 20 heavy (non-hydrogen) atoms. The van der Waals surface area contributed by atoms with Crippen molar-refractivity contribution in [3.63, 3.8) is 0 Å². The van der Waals surface area contributed by atoms with E-state index in [9.17, 15) is 8.42 Å². The first-order valence-electron chi connectivity index (χ1n) is 6.08. The Bertz CT molecular complexity index is 678. The number of sulfonamides is 1. The summed E-state index contributed by atoms with van der Waals surface area (Å²) >= 11 is 1.55. The van der Waals surface area contributed by atoms with E-state index in [4.69, 9.17) is 4.74 Å². The minimum Gasteiger partial charge on any atom is -0.496 e. The molecule has 0 unspecified atom stereocenters. The number of ether oxygens (including phenoxy) is 1. The van der Waals surface area contributed by atoms with E-state index in [2.05, 4.69) is 0 Å². The average molecular weight is 311 g/mol. The quantitative estimate of drug-likeness (QED) is 0.853. The highest BCUT2D eigenvalue weighted by Crippen LogP contribution is 2.24. The van der Waals surface area contributed by atoms with Gasteiger partial charge in [-0.15, -0.1) is 11.3 Å². The van der Waals surface area contributed by atoms with E-state index < -0.39 is 10.0 Å². The van der Waals surface area contributed by atoms with Gasteiger partial charge in [0.1, 0.15) is 5.75 Å². The van der Waals surface area contributed by atoms with E-state index in [-0.39, 0.29) is 4.90 Å². The summed E-state index contributed by atoms with van der Waals surface area (Å²) in [5.41, 5.74) is 0.804. The molecular weight excluding hydrogens is 294 g/mol. The van der Waals surface area contributed by atoms with E-state index in [0.29, 0.717) is 12.3 Å². The normalized spacial score (nSPS) is 11.8. The van der Waals surface area contributed by atoms with Crippen LogP contribution in [0.25, 0.3) is 0 Å². The van der Waals surface area contributed by atoms with Gasteiger partial charge in [0.25, 0.3) is 0 Å². The summed E-state index contributed by atoms with van der Waals surface area (Å²) in [6, 6.07) is 8.74. The number of rotatable bonds is 5. The number of benzene rings is 1. The second-order valence-electron chi connectivity index (χ2n) is 4.47. The minimum absolute atomic E-state index is 0.287. The number of methoxy groups -OCH3 is 1. The Morgan fingerprint density at radius 1 is 1.30 bits per heavy atom. The predicted octanol–water partition coefficient (Wildman–Crippen LogP) is 2.89. The van der Waals surface area contributed by atoms with Gasteiger partial charge in [-0.1, -0.05) is 6.07 Å². The van der Waals surface area contributed by atoms with Gasteiger partial charge in [0.05, 0.1) is 12.0 Å². The van der Waals surface area contributed by atoms with Gasteiger partial charge in [0, 0.05) is 18.5 Å². The molecule has 0 spiro atoms. The van der Waals surface area contributed by atoms with Crippen LogP contribution in [0.5, 0.6) is 5.75 Å². The number of aryl methyl sites for hydroxylation is 1. The highest BCUT2D eigenvalue weighted by Gasteiger charge is 2.21. The van der Waals surface area contributed by atoms with Crippen LogP contribution >= 0.6 is 11.3 Å². The van der Waals surface area contributed by atoms with E-state index in [1.807, 2.05) is 24.4 Å². The van der Waals surface area contributed by atoms with Gasteiger partial charge in [0.2, 0.25) is 10.0 Å². The Kier molecular flexibility index (Phi) is 4.47. The smallest absolute Gasteiger partial charge is 0.243 e. The maximum Gasteiger partial charge on any atom is 0.243 e. The molecule has 0 aliphatic carbocycles. The Balaban J connectivity index is 2.27. The van der Waals surface area contributed by atoms with Crippen LogP contribution in [0.4, 0.5) is 0 Å². The average Bonchev–Trinajstić information content (AvgIpc) is 2.91. The molecule has 2 aromatic rings. The molecule has 0 atom stereocenters. The van der Waals surface area contributed by atoms with Crippen LogP contribution in [0.3, 0.4) is 0 Å². The van der Waals surface area contributed by atoms with Crippen molar-refractivity contribution in [2.45, 2.75) is 18.4 Å². The van der Waals surface area contributed by atoms with E-state index in [0.717, 1.165) is 10.4 Å². The fourth-order valence-electron chi connectivity index (χ4n) is 1.90. The lowest BCUT2D eigenvalue weighted by atomic mass is 10.2.